The van der Waals surface area contributed by atoms with Gasteiger partial charge in [0.2, 0.25) is 0 Å². The predicted molar refractivity (Wildman–Crippen MR) is 84.8 cm³/mol. The van der Waals surface area contributed by atoms with Gasteiger partial charge >= 0.3 is 0 Å². The zero-order valence-corrected chi connectivity index (χ0v) is 13.8. The molecule has 3 heteroatoms. The number of benzene rings is 1. The molecule has 0 amide bonds. The number of rotatable bonds is 5. The van der Waals surface area contributed by atoms with Crippen LogP contribution in [0.3, 0.4) is 0 Å². The highest BCUT2D eigenvalue weighted by atomic mass is 32.2. The van der Waals surface area contributed by atoms with E-state index < -0.39 is 0 Å². The Bertz CT molecular complexity index is 407. The van der Waals surface area contributed by atoms with Crippen molar-refractivity contribution in [3.05, 3.63) is 30.3 Å². The standard InChI is InChI=1S/C16H26N2S/c1-13(2)12-16(6,18-17-15(3,4)5)19-14-10-8-7-9-11-14/h7-11,13H,12H2,1-6H3. The van der Waals surface area contributed by atoms with Gasteiger partial charge in [0.25, 0.3) is 0 Å². The van der Waals surface area contributed by atoms with E-state index in [0.29, 0.717) is 5.92 Å². The molecule has 106 valence electrons. The fourth-order valence-corrected chi connectivity index (χ4v) is 3.16. The van der Waals surface area contributed by atoms with Crippen molar-refractivity contribution < 1.29 is 0 Å². The summed E-state index contributed by atoms with van der Waals surface area (Å²) in [7, 11) is 0. The number of thioether (sulfide) groups is 1. The van der Waals surface area contributed by atoms with Gasteiger partial charge in [0.1, 0.15) is 4.87 Å². The van der Waals surface area contributed by atoms with Crippen molar-refractivity contribution in [2.24, 2.45) is 16.1 Å². The van der Waals surface area contributed by atoms with Crippen LogP contribution in [-0.2, 0) is 0 Å². The molecule has 0 aliphatic rings. The minimum atomic E-state index is -0.192. The van der Waals surface area contributed by atoms with Crippen LogP contribution in [0, 0.1) is 5.92 Å². The molecule has 2 nitrogen and oxygen atoms in total. The average Bonchev–Trinajstić information content (AvgIpc) is 2.26. The maximum atomic E-state index is 4.65. The summed E-state index contributed by atoms with van der Waals surface area (Å²) in [6.45, 7) is 12.9. The Labute approximate surface area is 122 Å². The molecule has 0 saturated heterocycles. The fraction of sp³-hybridized carbons (Fsp3) is 0.625. The van der Waals surface area contributed by atoms with E-state index in [4.69, 9.17) is 0 Å². The molecule has 1 atom stereocenters. The Kier molecular flexibility index (Phi) is 5.60. The SMILES string of the molecule is CC(C)CC(C)(N=NC(C)(C)C)Sc1ccccc1. The second kappa shape index (κ2) is 6.56. The van der Waals surface area contributed by atoms with Crippen molar-refractivity contribution in [3.63, 3.8) is 0 Å². The molecule has 0 aliphatic carbocycles. The lowest BCUT2D eigenvalue weighted by molar-refractivity contribution is 0.441. The molecule has 0 saturated carbocycles. The summed E-state index contributed by atoms with van der Waals surface area (Å²) in [4.78, 5) is 1.06. The monoisotopic (exact) mass is 278 g/mol. The summed E-state index contributed by atoms with van der Waals surface area (Å²) in [5.74, 6) is 0.597. The lowest BCUT2D eigenvalue weighted by Gasteiger charge is -2.26. The third-order valence-corrected chi connectivity index (χ3v) is 3.63. The molecule has 1 rings (SSSR count). The molecule has 0 radical (unpaired) electrons. The first-order chi connectivity index (χ1) is 8.70. The van der Waals surface area contributed by atoms with Crippen molar-refractivity contribution in [1.29, 1.82) is 0 Å². The van der Waals surface area contributed by atoms with E-state index in [2.05, 4.69) is 76.0 Å². The van der Waals surface area contributed by atoms with Crippen molar-refractivity contribution >= 4 is 11.8 Å². The van der Waals surface area contributed by atoms with Crippen LogP contribution in [-0.4, -0.2) is 10.4 Å². The van der Waals surface area contributed by atoms with Crippen LogP contribution in [0.1, 0.15) is 48.0 Å². The lowest BCUT2D eigenvalue weighted by Crippen LogP contribution is -2.21. The summed E-state index contributed by atoms with van der Waals surface area (Å²) in [6.07, 6.45) is 1.02. The van der Waals surface area contributed by atoms with Crippen LogP contribution < -0.4 is 0 Å². The molecule has 0 aliphatic heterocycles. The summed E-state index contributed by atoms with van der Waals surface area (Å²) in [6, 6.07) is 10.4. The predicted octanol–water partition coefficient (Wildman–Crippen LogP) is 5.79. The van der Waals surface area contributed by atoms with Crippen LogP contribution >= 0.6 is 11.8 Å². The van der Waals surface area contributed by atoms with Crippen LogP contribution in [0.2, 0.25) is 0 Å². The maximum Gasteiger partial charge on any atom is 0.128 e. The van der Waals surface area contributed by atoms with Gasteiger partial charge in [-0.2, -0.15) is 10.2 Å². The van der Waals surface area contributed by atoms with Gasteiger partial charge in [0.05, 0.1) is 5.54 Å². The molecule has 0 heterocycles. The van der Waals surface area contributed by atoms with E-state index in [9.17, 15) is 0 Å². The smallest absolute Gasteiger partial charge is 0.128 e. The first kappa shape index (κ1) is 16.2. The van der Waals surface area contributed by atoms with Crippen molar-refractivity contribution in [2.45, 2.75) is 63.3 Å². The van der Waals surface area contributed by atoms with Crippen LogP contribution in [0.4, 0.5) is 0 Å². The first-order valence-electron chi connectivity index (χ1n) is 6.88. The molecule has 1 aromatic rings. The summed E-state index contributed by atoms with van der Waals surface area (Å²) < 4.78 is 0. The van der Waals surface area contributed by atoms with Crippen LogP contribution in [0.5, 0.6) is 0 Å². The molecule has 1 aromatic carbocycles. The van der Waals surface area contributed by atoms with Gasteiger partial charge < -0.3 is 0 Å². The topological polar surface area (TPSA) is 24.7 Å². The van der Waals surface area contributed by atoms with Gasteiger partial charge in [-0.05, 0) is 52.2 Å². The zero-order chi connectivity index (χ0) is 14.5. The third-order valence-electron chi connectivity index (χ3n) is 2.43. The zero-order valence-electron chi connectivity index (χ0n) is 13.0. The molecule has 0 fully saturated rings. The Hall–Kier alpha value is -0.830. The summed E-state index contributed by atoms with van der Waals surface area (Å²) in [5.41, 5.74) is -0.116. The molecule has 0 spiro atoms. The summed E-state index contributed by atoms with van der Waals surface area (Å²) in [5, 5.41) is 9.13. The fourth-order valence-electron chi connectivity index (χ4n) is 1.86. The lowest BCUT2D eigenvalue weighted by atomic mass is 10.1. The number of hydrogen-bond donors (Lipinski definition) is 0. The highest BCUT2D eigenvalue weighted by Crippen LogP contribution is 2.39. The van der Waals surface area contributed by atoms with Crippen LogP contribution in [0.25, 0.3) is 0 Å². The van der Waals surface area contributed by atoms with Crippen molar-refractivity contribution in [1.82, 2.24) is 0 Å². The minimum Gasteiger partial charge on any atom is -0.187 e. The largest absolute Gasteiger partial charge is 0.187 e. The molecule has 19 heavy (non-hydrogen) atoms. The Morgan fingerprint density at radius 2 is 1.58 bits per heavy atom. The van der Waals surface area contributed by atoms with E-state index in [1.54, 1.807) is 11.8 Å². The van der Waals surface area contributed by atoms with Crippen molar-refractivity contribution in [3.8, 4) is 0 Å². The van der Waals surface area contributed by atoms with Gasteiger partial charge in [-0.3, -0.25) is 0 Å². The second-order valence-electron chi connectivity index (χ2n) is 6.56. The quantitative estimate of drug-likeness (QED) is 0.494. The molecular weight excluding hydrogens is 252 g/mol. The molecule has 0 aromatic heterocycles. The molecule has 0 N–H and O–H groups in total. The molecule has 0 bridgehead atoms. The molecule has 1 unspecified atom stereocenters. The van der Waals surface area contributed by atoms with Gasteiger partial charge in [-0.1, -0.05) is 43.8 Å². The minimum absolute atomic E-state index is 0.116. The van der Waals surface area contributed by atoms with E-state index in [0.717, 1.165) is 6.42 Å². The Balaban J connectivity index is 2.90. The van der Waals surface area contributed by atoms with E-state index in [-0.39, 0.29) is 10.4 Å². The van der Waals surface area contributed by atoms with Crippen LogP contribution in [0.15, 0.2) is 45.5 Å². The molecular formula is C16H26N2S. The second-order valence-corrected chi connectivity index (χ2v) is 8.11. The Morgan fingerprint density at radius 3 is 2.05 bits per heavy atom. The summed E-state index contributed by atoms with van der Waals surface area (Å²) >= 11 is 1.80. The highest BCUT2D eigenvalue weighted by Gasteiger charge is 2.27. The number of hydrogen-bond acceptors (Lipinski definition) is 3. The number of azo groups is 1. The Morgan fingerprint density at radius 1 is 1.00 bits per heavy atom. The van der Waals surface area contributed by atoms with Gasteiger partial charge in [0, 0.05) is 4.90 Å². The van der Waals surface area contributed by atoms with Crippen molar-refractivity contribution in [2.75, 3.05) is 0 Å². The van der Waals surface area contributed by atoms with Gasteiger partial charge in [-0.15, -0.1) is 0 Å². The van der Waals surface area contributed by atoms with Gasteiger partial charge in [-0.25, -0.2) is 0 Å². The third kappa shape index (κ3) is 6.76. The van der Waals surface area contributed by atoms with Gasteiger partial charge in [0.15, 0.2) is 0 Å². The first-order valence-corrected chi connectivity index (χ1v) is 7.70. The van der Waals surface area contributed by atoms with E-state index in [1.807, 2.05) is 6.07 Å². The normalized spacial score (nSPS) is 15.9. The van der Waals surface area contributed by atoms with E-state index >= 15 is 0 Å². The number of nitrogens with zero attached hydrogens (tertiary/aromatic N) is 2. The highest BCUT2D eigenvalue weighted by molar-refractivity contribution is 8.00. The average molecular weight is 278 g/mol. The maximum absolute atomic E-state index is 4.65. The van der Waals surface area contributed by atoms with E-state index in [1.165, 1.54) is 4.90 Å².